The summed E-state index contributed by atoms with van der Waals surface area (Å²) < 4.78 is 31.1. The molecule has 0 aromatic heterocycles. The van der Waals surface area contributed by atoms with Crippen molar-refractivity contribution in [2.75, 3.05) is 25.1 Å². The standard InChI is InChI=1S/C17H24BFN2O5/c1-16(2)17(3,4)26-18(25-16)12-8-14(21(22)23)13(9-15(12)24-5)20-7-6-11(19)10-20/h8-9,11H,6-7,10H2,1-5H3. The summed E-state index contributed by atoms with van der Waals surface area (Å²) in [4.78, 5) is 12.9. The summed E-state index contributed by atoms with van der Waals surface area (Å²) in [7, 11) is 0.706. The molecule has 2 saturated heterocycles. The Balaban J connectivity index is 2.04. The second kappa shape index (κ2) is 6.38. The molecule has 1 aromatic carbocycles. The Morgan fingerprint density at radius 1 is 1.31 bits per heavy atom. The van der Waals surface area contributed by atoms with Gasteiger partial charge >= 0.3 is 7.12 Å². The molecule has 0 bridgehead atoms. The zero-order chi connectivity index (χ0) is 19.3. The largest absolute Gasteiger partial charge is 0.498 e. The SMILES string of the molecule is COc1cc(N2CCC(F)C2)c([N+](=O)[O-])cc1B1OC(C)(C)C(C)(C)O1. The van der Waals surface area contributed by atoms with Crippen LogP contribution in [0.1, 0.15) is 34.1 Å². The third kappa shape index (κ3) is 3.14. The maximum atomic E-state index is 13.6. The molecule has 3 rings (SSSR count). The average Bonchev–Trinajstić information content (AvgIpc) is 3.06. The van der Waals surface area contributed by atoms with Gasteiger partial charge in [0, 0.05) is 30.7 Å². The zero-order valence-electron chi connectivity index (χ0n) is 15.7. The first-order valence-corrected chi connectivity index (χ1v) is 8.66. The van der Waals surface area contributed by atoms with E-state index in [4.69, 9.17) is 14.0 Å². The van der Waals surface area contributed by atoms with Gasteiger partial charge in [0.15, 0.2) is 0 Å². The Labute approximate surface area is 152 Å². The lowest BCUT2D eigenvalue weighted by Crippen LogP contribution is -2.41. The van der Waals surface area contributed by atoms with Crippen molar-refractivity contribution < 1.29 is 23.4 Å². The second-order valence-corrected chi connectivity index (χ2v) is 7.76. The topological polar surface area (TPSA) is 74.1 Å². The number of nitro groups is 1. The van der Waals surface area contributed by atoms with Gasteiger partial charge in [-0.25, -0.2) is 4.39 Å². The van der Waals surface area contributed by atoms with Crippen molar-refractivity contribution in [2.24, 2.45) is 0 Å². The molecule has 1 unspecified atom stereocenters. The molecule has 9 heteroatoms. The first-order valence-electron chi connectivity index (χ1n) is 8.66. The number of benzene rings is 1. The number of alkyl halides is 1. The van der Waals surface area contributed by atoms with Crippen molar-refractivity contribution in [1.82, 2.24) is 0 Å². The molecule has 2 fully saturated rings. The molecule has 142 valence electrons. The molecule has 2 aliphatic heterocycles. The first-order chi connectivity index (χ1) is 12.1. The van der Waals surface area contributed by atoms with Crippen molar-refractivity contribution in [3.63, 3.8) is 0 Å². The number of methoxy groups -OCH3 is 1. The van der Waals surface area contributed by atoms with Gasteiger partial charge in [0.2, 0.25) is 0 Å². The number of rotatable bonds is 4. The minimum absolute atomic E-state index is 0.107. The highest BCUT2D eigenvalue weighted by atomic mass is 19.1. The van der Waals surface area contributed by atoms with Crippen LogP contribution in [-0.4, -0.2) is 49.6 Å². The first kappa shape index (κ1) is 18.9. The molecule has 2 aliphatic rings. The summed E-state index contributed by atoms with van der Waals surface area (Å²) in [5, 5.41) is 11.6. The van der Waals surface area contributed by atoms with E-state index >= 15 is 0 Å². The molecule has 0 amide bonds. The van der Waals surface area contributed by atoms with Gasteiger partial charge < -0.3 is 18.9 Å². The summed E-state index contributed by atoms with van der Waals surface area (Å²) in [6.45, 7) is 8.21. The lowest BCUT2D eigenvalue weighted by atomic mass is 9.77. The number of ether oxygens (including phenoxy) is 1. The van der Waals surface area contributed by atoms with E-state index in [-0.39, 0.29) is 12.2 Å². The van der Waals surface area contributed by atoms with Crippen LogP contribution >= 0.6 is 0 Å². The second-order valence-electron chi connectivity index (χ2n) is 7.76. The van der Waals surface area contributed by atoms with Gasteiger partial charge in [-0.1, -0.05) is 0 Å². The molecular formula is C17H24BFN2O5. The van der Waals surface area contributed by atoms with Gasteiger partial charge in [0.1, 0.15) is 17.6 Å². The monoisotopic (exact) mass is 366 g/mol. The number of hydrogen-bond donors (Lipinski definition) is 0. The fourth-order valence-electron chi connectivity index (χ4n) is 3.24. The van der Waals surface area contributed by atoms with E-state index in [0.29, 0.717) is 29.9 Å². The van der Waals surface area contributed by atoms with Crippen LogP contribution in [0.5, 0.6) is 5.75 Å². The summed E-state index contributed by atoms with van der Waals surface area (Å²) in [6, 6.07) is 3.00. The van der Waals surface area contributed by atoms with E-state index in [1.807, 2.05) is 27.7 Å². The highest BCUT2D eigenvalue weighted by Gasteiger charge is 2.53. The lowest BCUT2D eigenvalue weighted by molar-refractivity contribution is -0.384. The quantitative estimate of drug-likeness (QED) is 0.463. The van der Waals surface area contributed by atoms with Crippen LogP contribution in [0.4, 0.5) is 15.8 Å². The fraction of sp³-hybridized carbons (Fsp3) is 0.647. The van der Waals surface area contributed by atoms with Crippen LogP contribution in [0.3, 0.4) is 0 Å². The van der Waals surface area contributed by atoms with Crippen LogP contribution < -0.4 is 15.1 Å². The molecular weight excluding hydrogens is 342 g/mol. The van der Waals surface area contributed by atoms with E-state index in [2.05, 4.69) is 0 Å². The van der Waals surface area contributed by atoms with Crippen molar-refractivity contribution in [1.29, 1.82) is 0 Å². The van der Waals surface area contributed by atoms with Gasteiger partial charge in [-0.15, -0.1) is 0 Å². The molecule has 0 radical (unpaired) electrons. The van der Waals surface area contributed by atoms with Gasteiger partial charge in [0.05, 0.1) is 23.2 Å². The van der Waals surface area contributed by atoms with Crippen molar-refractivity contribution in [2.45, 2.75) is 51.5 Å². The molecule has 0 aliphatic carbocycles. The minimum atomic E-state index is -0.983. The van der Waals surface area contributed by atoms with Crippen molar-refractivity contribution in [3.05, 3.63) is 22.2 Å². The number of halogens is 1. The predicted octanol–water partition coefficient (Wildman–Crippen LogP) is 2.45. The molecule has 7 nitrogen and oxygen atoms in total. The van der Waals surface area contributed by atoms with Crippen LogP contribution in [0, 0.1) is 10.1 Å². The Bertz CT molecular complexity index is 711. The Hall–Kier alpha value is -1.87. The Morgan fingerprint density at radius 2 is 1.92 bits per heavy atom. The van der Waals surface area contributed by atoms with Crippen LogP contribution in [0.25, 0.3) is 0 Å². The van der Waals surface area contributed by atoms with Crippen molar-refractivity contribution >= 4 is 24.0 Å². The summed E-state index contributed by atoms with van der Waals surface area (Å²) in [6.07, 6.45) is -0.623. The maximum Gasteiger partial charge on any atom is 0.498 e. The van der Waals surface area contributed by atoms with Gasteiger partial charge in [-0.3, -0.25) is 10.1 Å². The smallest absolute Gasteiger partial charge is 0.497 e. The predicted molar refractivity (Wildman–Crippen MR) is 97.1 cm³/mol. The minimum Gasteiger partial charge on any atom is -0.497 e. The molecule has 1 aromatic rings. The van der Waals surface area contributed by atoms with Gasteiger partial charge in [-0.2, -0.15) is 0 Å². The number of nitro benzene ring substituents is 1. The highest BCUT2D eigenvalue weighted by molar-refractivity contribution is 6.63. The van der Waals surface area contributed by atoms with Crippen molar-refractivity contribution in [3.8, 4) is 5.75 Å². The van der Waals surface area contributed by atoms with E-state index in [0.717, 1.165) is 0 Å². The number of nitrogens with zero attached hydrogens (tertiary/aromatic N) is 2. The Morgan fingerprint density at radius 3 is 2.38 bits per heavy atom. The Kier molecular flexibility index (Phi) is 4.64. The van der Waals surface area contributed by atoms with Crippen LogP contribution in [-0.2, 0) is 9.31 Å². The van der Waals surface area contributed by atoms with E-state index in [9.17, 15) is 14.5 Å². The number of hydrogen-bond acceptors (Lipinski definition) is 6. The van der Waals surface area contributed by atoms with Crippen LogP contribution in [0.2, 0.25) is 0 Å². The molecule has 0 spiro atoms. The summed E-state index contributed by atoms with van der Waals surface area (Å²) in [5.41, 5.74) is -0.450. The molecule has 0 saturated carbocycles. The van der Waals surface area contributed by atoms with Crippen LogP contribution in [0.15, 0.2) is 12.1 Å². The number of anilines is 1. The van der Waals surface area contributed by atoms with E-state index in [1.54, 1.807) is 11.0 Å². The summed E-state index contributed by atoms with van der Waals surface area (Å²) in [5.74, 6) is 0.423. The highest BCUT2D eigenvalue weighted by Crippen LogP contribution is 2.39. The molecule has 1 atom stereocenters. The van der Waals surface area contributed by atoms with E-state index in [1.165, 1.54) is 13.2 Å². The maximum absolute atomic E-state index is 13.6. The molecule has 26 heavy (non-hydrogen) atoms. The normalized spacial score (nSPS) is 24.2. The summed E-state index contributed by atoms with van der Waals surface area (Å²) >= 11 is 0. The van der Waals surface area contributed by atoms with Gasteiger partial charge in [-0.05, 0) is 34.1 Å². The zero-order valence-corrected chi connectivity index (χ0v) is 15.7. The third-order valence-corrected chi connectivity index (χ3v) is 5.50. The molecule has 2 heterocycles. The average molecular weight is 366 g/mol. The molecule has 0 N–H and O–H groups in total. The van der Waals surface area contributed by atoms with Gasteiger partial charge in [0.25, 0.3) is 5.69 Å². The fourth-order valence-corrected chi connectivity index (χ4v) is 3.24. The lowest BCUT2D eigenvalue weighted by Gasteiger charge is -2.32. The third-order valence-electron chi connectivity index (χ3n) is 5.50. The van der Waals surface area contributed by atoms with E-state index < -0.39 is 29.4 Å².